The highest BCUT2D eigenvalue weighted by Crippen LogP contribution is 2.47. The van der Waals surface area contributed by atoms with Crippen molar-refractivity contribution in [1.29, 1.82) is 0 Å². The lowest BCUT2D eigenvalue weighted by molar-refractivity contribution is -0.142. The minimum Gasteiger partial charge on any atom is -0.497 e. The van der Waals surface area contributed by atoms with Crippen molar-refractivity contribution >= 4 is 29.4 Å². The first-order chi connectivity index (χ1) is 23.5. The fraction of sp³-hybridized carbons (Fsp3) is 0.378. The van der Waals surface area contributed by atoms with Crippen LogP contribution < -0.4 is 30.7 Å². The predicted molar refractivity (Wildman–Crippen MR) is 180 cm³/mol. The van der Waals surface area contributed by atoms with Gasteiger partial charge in [0.1, 0.15) is 17.5 Å². The number of aliphatic hydroxyl groups is 1. The van der Waals surface area contributed by atoms with E-state index < -0.39 is 47.1 Å². The Bertz CT molecular complexity index is 1710. The molecule has 1 aliphatic carbocycles. The summed E-state index contributed by atoms with van der Waals surface area (Å²) < 4.78 is 10.6. The third-order valence-corrected chi connectivity index (χ3v) is 9.05. The summed E-state index contributed by atoms with van der Waals surface area (Å²) in [5.74, 6) is -3.37. The third kappa shape index (κ3) is 7.29. The van der Waals surface area contributed by atoms with Crippen LogP contribution in [0.1, 0.15) is 49.8 Å². The van der Waals surface area contributed by atoms with Gasteiger partial charge in [0.05, 0.1) is 20.3 Å². The maximum atomic E-state index is 14.0. The summed E-state index contributed by atoms with van der Waals surface area (Å²) in [5.41, 5.74) is 0.722. The molecule has 4 amide bonds. The molecular weight excluding hydrogens is 628 g/mol. The molecule has 5 N–H and O–H groups in total. The molecule has 12 heteroatoms. The van der Waals surface area contributed by atoms with Gasteiger partial charge < -0.3 is 35.8 Å². The zero-order valence-corrected chi connectivity index (χ0v) is 28.0. The van der Waals surface area contributed by atoms with Crippen molar-refractivity contribution in [3.8, 4) is 22.6 Å². The van der Waals surface area contributed by atoms with Crippen LogP contribution in [0.4, 0.5) is 0 Å². The lowest BCUT2D eigenvalue weighted by atomic mass is 9.89. The van der Waals surface area contributed by atoms with Crippen LogP contribution >= 0.6 is 0 Å². The molecular formula is C37H42N4O8. The number of ketones is 1. The molecule has 0 saturated carbocycles. The Labute approximate surface area is 284 Å². The average molecular weight is 671 g/mol. The SMILES string of the molecule is COc1ccc(CNC(=O)C(=O)[C@H](C[C@@H]2CCNC2=O)NC(=O)[C@H](CC(C)C)NC(=O)C2(O)c3ccccc3-c3ccccc32)c(OC)c1. The number of fused-ring (bicyclic) bond motifs is 3. The molecule has 2 aliphatic rings. The highest BCUT2D eigenvalue weighted by molar-refractivity contribution is 6.38. The van der Waals surface area contributed by atoms with Crippen LogP contribution in [0.25, 0.3) is 11.1 Å². The quantitative estimate of drug-likeness (QED) is 0.163. The Morgan fingerprint density at radius 2 is 1.57 bits per heavy atom. The van der Waals surface area contributed by atoms with E-state index in [9.17, 15) is 29.1 Å². The number of nitrogens with one attached hydrogen (secondary N) is 4. The first-order valence-corrected chi connectivity index (χ1v) is 16.3. The molecule has 3 aromatic carbocycles. The summed E-state index contributed by atoms with van der Waals surface area (Å²) in [5, 5.41) is 22.7. The molecule has 1 heterocycles. The van der Waals surface area contributed by atoms with Crippen LogP contribution in [-0.2, 0) is 36.1 Å². The molecule has 0 aromatic heterocycles. The van der Waals surface area contributed by atoms with Crippen LogP contribution in [0.2, 0.25) is 0 Å². The van der Waals surface area contributed by atoms with Gasteiger partial charge >= 0.3 is 0 Å². The smallest absolute Gasteiger partial charge is 0.289 e. The van der Waals surface area contributed by atoms with Crippen molar-refractivity contribution in [3.63, 3.8) is 0 Å². The summed E-state index contributed by atoms with van der Waals surface area (Å²) in [6, 6.07) is 16.6. The zero-order chi connectivity index (χ0) is 35.3. The molecule has 3 atom stereocenters. The van der Waals surface area contributed by atoms with E-state index >= 15 is 0 Å². The number of carbonyl (C=O) groups is 5. The lowest BCUT2D eigenvalue weighted by Crippen LogP contribution is -2.57. The lowest BCUT2D eigenvalue weighted by Gasteiger charge is -2.29. The van der Waals surface area contributed by atoms with Crippen molar-refractivity contribution in [2.75, 3.05) is 20.8 Å². The van der Waals surface area contributed by atoms with E-state index in [1.165, 1.54) is 14.2 Å². The van der Waals surface area contributed by atoms with Crippen LogP contribution in [0.3, 0.4) is 0 Å². The first kappa shape index (κ1) is 35.1. The number of benzene rings is 3. The number of hydrogen-bond donors (Lipinski definition) is 5. The molecule has 5 rings (SSSR count). The molecule has 0 unspecified atom stereocenters. The molecule has 49 heavy (non-hydrogen) atoms. The van der Waals surface area contributed by atoms with Crippen LogP contribution in [-0.4, -0.2) is 67.4 Å². The summed E-state index contributed by atoms with van der Waals surface area (Å²) in [6.07, 6.45) is 0.495. The molecule has 1 aliphatic heterocycles. The zero-order valence-electron chi connectivity index (χ0n) is 28.0. The fourth-order valence-electron chi connectivity index (χ4n) is 6.50. The highest BCUT2D eigenvalue weighted by atomic mass is 16.5. The number of carbonyl (C=O) groups excluding carboxylic acids is 5. The predicted octanol–water partition coefficient (Wildman–Crippen LogP) is 2.35. The van der Waals surface area contributed by atoms with Crippen molar-refractivity contribution in [1.82, 2.24) is 21.3 Å². The molecule has 0 bridgehead atoms. The summed E-state index contributed by atoms with van der Waals surface area (Å²) in [4.78, 5) is 67.2. The van der Waals surface area contributed by atoms with E-state index in [-0.39, 0.29) is 31.2 Å². The Kier molecular flexibility index (Phi) is 10.7. The maximum Gasteiger partial charge on any atom is 0.289 e. The second-order valence-electron chi connectivity index (χ2n) is 12.8. The number of Topliss-reactive ketones (excluding diaryl/α,β-unsaturated/α-hetero) is 1. The Morgan fingerprint density at radius 1 is 0.918 bits per heavy atom. The van der Waals surface area contributed by atoms with Gasteiger partial charge in [-0.2, -0.15) is 0 Å². The van der Waals surface area contributed by atoms with Gasteiger partial charge in [-0.15, -0.1) is 0 Å². The van der Waals surface area contributed by atoms with Crippen LogP contribution in [0.5, 0.6) is 11.5 Å². The van der Waals surface area contributed by atoms with Gasteiger partial charge in [-0.1, -0.05) is 62.4 Å². The minimum atomic E-state index is -2.07. The number of ether oxygens (including phenoxy) is 2. The van der Waals surface area contributed by atoms with Crippen molar-refractivity contribution in [3.05, 3.63) is 83.4 Å². The first-order valence-electron chi connectivity index (χ1n) is 16.3. The number of rotatable bonds is 14. The number of methoxy groups -OCH3 is 2. The second-order valence-corrected chi connectivity index (χ2v) is 12.8. The normalized spacial score (nSPS) is 16.9. The van der Waals surface area contributed by atoms with Gasteiger partial charge in [0.2, 0.25) is 17.6 Å². The van der Waals surface area contributed by atoms with E-state index in [1.807, 2.05) is 38.1 Å². The summed E-state index contributed by atoms with van der Waals surface area (Å²) in [6.45, 7) is 4.10. The number of amides is 4. The van der Waals surface area contributed by atoms with Crippen LogP contribution in [0, 0.1) is 11.8 Å². The highest BCUT2D eigenvalue weighted by Gasteiger charge is 2.48. The van der Waals surface area contributed by atoms with E-state index in [0.717, 1.165) is 0 Å². The molecule has 1 saturated heterocycles. The Balaban J connectivity index is 1.36. The standard InChI is InChI=1S/C37H42N4O8/c1-21(2)17-30(41-36(46)37(47)27-11-7-5-9-25(27)26-10-6-8-12-28(26)37)34(44)40-29(18-22-15-16-38-33(22)43)32(42)35(45)39-20-23-13-14-24(48-3)19-31(23)49-4/h5-14,19,21-22,29-30,47H,15-18,20H2,1-4H3,(H,38,43)(H,39,45)(H,40,44)(H,41,46)/t22-,29-,30-/m0/s1. The van der Waals surface area contributed by atoms with Crippen molar-refractivity contribution < 1.29 is 38.6 Å². The van der Waals surface area contributed by atoms with Crippen molar-refractivity contribution in [2.45, 2.75) is 57.3 Å². The van der Waals surface area contributed by atoms with Gasteiger partial charge in [-0.25, -0.2) is 0 Å². The summed E-state index contributed by atoms with van der Waals surface area (Å²) in [7, 11) is 2.98. The molecule has 0 spiro atoms. The van der Waals surface area contributed by atoms with Gasteiger partial charge in [-0.05, 0) is 48.4 Å². The molecule has 3 aromatic rings. The van der Waals surface area contributed by atoms with Crippen molar-refractivity contribution in [2.24, 2.45) is 11.8 Å². The maximum absolute atomic E-state index is 14.0. The van der Waals surface area contributed by atoms with Crippen LogP contribution in [0.15, 0.2) is 66.7 Å². The Hall–Kier alpha value is -5.23. The van der Waals surface area contributed by atoms with E-state index in [4.69, 9.17) is 9.47 Å². The molecule has 12 nitrogen and oxygen atoms in total. The largest absolute Gasteiger partial charge is 0.497 e. The molecule has 1 fully saturated rings. The van der Waals surface area contributed by atoms with E-state index in [0.29, 0.717) is 52.3 Å². The van der Waals surface area contributed by atoms with Gasteiger partial charge in [0, 0.05) is 41.8 Å². The average Bonchev–Trinajstić information content (AvgIpc) is 3.63. The molecule has 0 radical (unpaired) electrons. The Morgan fingerprint density at radius 3 is 2.14 bits per heavy atom. The van der Waals surface area contributed by atoms with E-state index in [1.54, 1.807) is 42.5 Å². The minimum absolute atomic E-state index is 0.0457. The monoisotopic (exact) mass is 670 g/mol. The van der Waals surface area contributed by atoms with E-state index in [2.05, 4.69) is 21.3 Å². The van der Waals surface area contributed by atoms with Gasteiger partial charge in [0.15, 0.2) is 5.60 Å². The van der Waals surface area contributed by atoms with Gasteiger partial charge in [-0.3, -0.25) is 24.0 Å². The topological polar surface area (TPSA) is 172 Å². The summed E-state index contributed by atoms with van der Waals surface area (Å²) >= 11 is 0. The fourth-order valence-corrected chi connectivity index (χ4v) is 6.50. The third-order valence-electron chi connectivity index (χ3n) is 9.05. The molecule has 258 valence electrons. The van der Waals surface area contributed by atoms with Gasteiger partial charge in [0.25, 0.3) is 11.8 Å². The second kappa shape index (κ2) is 14.9. The number of hydrogen-bond acceptors (Lipinski definition) is 8.